The number of rotatable bonds is 4. The lowest BCUT2D eigenvalue weighted by molar-refractivity contribution is 0.387. The van der Waals surface area contributed by atoms with E-state index in [0.717, 1.165) is 24.6 Å². The Bertz CT molecular complexity index is 525. The third-order valence-corrected chi connectivity index (χ3v) is 3.67. The average Bonchev–Trinajstić information content (AvgIpc) is 3.09. The van der Waals surface area contributed by atoms with Gasteiger partial charge in [-0.15, -0.1) is 0 Å². The highest BCUT2D eigenvalue weighted by Gasteiger charge is 2.19. The Hall–Kier alpha value is -1.62. The predicted molar refractivity (Wildman–Crippen MR) is 71.8 cm³/mol. The third-order valence-electron chi connectivity index (χ3n) is 3.67. The molecule has 0 saturated carbocycles. The van der Waals surface area contributed by atoms with Crippen LogP contribution in [0.2, 0.25) is 0 Å². The molecule has 1 unspecified atom stereocenters. The topological polar surface area (TPSA) is 55.9 Å². The molecule has 1 fully saturated rings. The van der Waals surface area contributed by atoms with E-state index in [-0.39, 0.29) is 0 Å². The summed E-state index contributed by atoms with van der Waals surface area (Å²) in [5, 5.41) is 3.55. The number of aromatic nitrogens is 3. The van der Waals surface area contributed by atoms with Crippen LogP contribution in [0.4, 0.5) is 0 Å². The van der Waals surface area contributed by atoms with E-state index in [2.05, 4.69) is 26.8 Å². The molecule has 102 valence electrons. The number of hydrogen-bond donors (Lipinski definition) is 1. The number of nitrogens with zero attached hydrogens (tertiary/aromatic N) is 3. The summed E-state index contributed by atoms with van der Waals surface area (Å²) in [6.07, 6.45) is 10.2. The Labute approximate surface area is 113 Å². The maximum atomic E-state index is 5.67. The zero-order valence-corrected chi connectivity index (χ0v) is 11.3. The summed E-state index contributed by atoms with van der Waals surface area (Å²) in [6.45, 7) is 3.82. The number of nitrogens with one attached hydrogen (secondary N) is 1. The summed E-state index contributed by atoms with van der Waals surface area (Å²) < 4.78 is 7.80. The molecule has 19 heavy (non-hydrogen) atoms. The van der Waals surface area contributed by atoms with Crippen molar-refractivity contribution in [2.45, 2.75) is 45.2 Å². The van der Waals surface area contributed by atoms with Gasteiger partial charge in [-0.3, -0.25) is 0 Å². The normalized spacial score (nSPS) is 19.7. The molecule has 5 nitrogen and oxygen atoms in total. The van der Waals surface area contributed by atoms with Gasteiger partial charge in [0.15, 0.2) is 0 Å². The molecule has 1 saturated heterocycles. The van der Waals surface area contributed by atoms with Gasteiger partial charge in [0.1, 0.15) is 12.3 Å². The van der Waals surface area contributed by atoms with E-state index < -0.39 is 0 Å². The second kappa shape index (κ2) is 5.57. The SMILES string of the molecule is CCc1cnc(Cn2cncc2C2CCCCN2)o1. The first-order valence-corrected chi connectivity index (χ1v) is 7.04. The molecule has 0 radical (unpaired) electrons. The second-order valence-corrected chi connectivity index (χ2v) is 5.02. The summed E-state index contributed by atoms with van der Waals surface area (Å²) in [4.78, 5) is 8.59. The van der Waals surface area contributed by atoms with Crippen molar-refractivity contribution in [1.82, 2.24) is 19.9 Å². The maximum absolute atomic E-state index is 5.67. The van der Waals surface area contributed by atoms with E-state index in [1.165, 1.54) is 25.0 Å². The highest BCUT2D eigenvalue weighted by atomic mass is 16.4. The molecule has 1 atom stereocenters. The van der Waals surface area contributed by atoms with Crippen LogP contribution in [-0.4, -0.2) is 21.1 Å². The van der Waals surface area contributed by atoms with Gasteiger partial charge in [-0.1, -0.05) is 13.3 Å². The first-order chi connectivity index (χ1) is 9.36. The minimum Gasteiger partial charge on any atom is -0.444 e. The van der Waals surface area contributed by atoms with E-state index >= 15 is 0 Å². The van der Waals surface area contributed by atoms with E-state index in [0.29, 0.717) is 12.6 Å². The molecule has 0 amide bonds. The van der Waals surface area contributed by atoms with Gasteiger partial charge in [0.05, 0.1) is 18.2 Å². The van der Waals surface area contributed by atoms with Gasteiger partial charge >= 0.3 is 0 Å². The Morgan fingerprint density at radius 2 is 2.37 bits per heavy atom. The molecule has 0 spiro atoms. The molecule has 1 aliphatic rings. The van der Waals surface area contributed by atoms with E-state index in [1.54, 1.807) is 0 Å². The molecular weight excluding hydrogens is 240 g/mol. The number of oxazole rings is 1. The van der Waals surface area contributed by atoms with Crippen LogP contribution in [0.3, 0.4) is 0 Å². The first kappa shape index (κ1) is 12.4. The molecule has 1 N–H and O–H groups in total. The van der Waals surface area contributed by atoms with Crippen molar-refractivity contribution in [3.05, 3.63) is 36.1 Å². The quantitative estimate of drug-likeness (QED) is 0.916. The third kappa shape index (κ3) is 2.71. The minimum absolute atomic E-state index is 0.414. The van der Waals surface area contributed by atoms with Gasteiger partial charge in [-0.25, -0.2) is 9.97 Å². The molecule has 0 aliphatic carbocycles. The van der Waals surface area contributed by atoms with Crippen LogP contribution >= 0.6 is 0 Å². The lowest BCUT2D eigenvalue weighted by atomic mass is 10.0. The Morgan fingerprint density at radius 1 is 1.42 bits per heavy atom. The Morgan fingerprint density at radius 3 is 3.11 bits per heavy atom. The zero-order valence-electron chi connectivity index (χ0n) is 11.3. The fourth-order valence-electron chi connectivity index (χ4n) is 2.59. The summed E-state index contributed by atoms with van der Waals surface area (Å²) >= 11 is 0. The number of piperidine rings is 1. The van der Waals surface area contributed by atoms with E-state index in [4.69, 9.17) is 4.42 Å². The second-order valence-electron chi connectivity index (χ2n) is 5.02. The Kier molecular flexibility index (Phi) is 3.64. The van der Waals surface area contributed by atoms with Crippen molar-refractivity contribution in [3.8, 4) is 0 Å². The molecule has 3 heterocycles. The minimum atomic E-state index is 0.414. The van der Waals surface area contributed by atoms with Crippen LogP contribution in [0.25, 0.3) is 0 Å². The van der Waals surface area contributed by atoms with Gasteiger partial charge < -0.3 is 14.3 Å². The van der Waals surface area contributed by atoms with Crippen LogP contribution in [-0.2, 0) is 13.0 Å². The number of imidazole rings is 1. The molecular formula is C14H20N4O. The molecule has 1 aliphatic heterocycles. The molecule has 5 heteroatoms. The van der Waals surface area contributed by atoms with Crippen molar-refractivity contribution >= 4 is 0 Å². The van der Waals surface area contributed by atoms with Crippen LogP contribution in [0.5, 0.6) is 0 Å². The van der Waals surface area contributed by atoms with Gasteiger partial charge in [0, 0.05) is 18.7 Å². The number of aryl methyl sites for hydroxylation is 1. The van der Waals surface area contributed by atoms with Crippen LogP contribution < -0.4 is 5.32 Å². The highest BCUT2D eigenvalue weighted by Crippen LogP contribution is 2.23. The van der Waals surface area contributed by atoms with Crippen molar-refractivity contribution in [3.63, 3.8) is 0 Å². The lowest BCUT2D eigenvalue weighted by Gasteiger charge is -2.24. The molecule has 0 bridgehead atoms. The van der Waals surface area contributed by atoms with Crippen molar-refractivity contribution < 1.29 is 4.42 Å². The van der Waals surface area contributed by atoms with E-state index in [9.17, 15) is 0 Å². The van der Waals surface area contributed by atoms with Gasteiger partial charge in [0.2, 0.25) is 5.89 Å². The monoisotopic (exact) mass is 260 g/mol. The average molecular weight is 260 g/mol. The van der Waals surface area contributed by atoms with Gasteiger partial charge in [-0.2, -0.15) is 0 Å². The predicted octanol–water partition coefficient (Wildman–Crippen LogP) is 2.30. The lowest BCUT2D eigenvalue weighted by Crippen LogP contribution is -2.28. The van der Waals surface area contributed by atoms with Gasteiger partial charge in [0.25, 0.3) is 0 Å². The van der Waals surface area contributed by atoms with Crippen molar-refractivity contribution in [1.29, 1.82) is 0 Å². The van der Waals surface area contributed by atoms with Crippen molar-refractivity contribution in [2.24, 2.45) is 0 Å². The highest BCUT2D eigenvalue weighted by molar-refractivity contribution is 5.08. The summed E-state index contributed by atoms with van der Waals surface area (Å²) in [6, 6.07) is 0.414. The van der Waals surface area contributed by atoms with Gasteiger partial charge in [-0.05, 0) is 19.4 Å². The molecule has 2 aromatic rings. The van der Waals surface area contributed by atoms with Crippen LogP contribution in [0.15, 0.2) is 23.1 Å². The molecule has 3 rings (SSSR count). The fraction of sp³-hybridized carbons (Fsp3) is 0.571. The van der Waals surface area contributed by atoms with Crippen LogP contribution in [0.1, 0.15) is 49.6 Å². The molecule has 2 aromatic heterocycles. The summed E-state index contributed by atoms with van der Waals surface area (Å²) in [5.41, 5.74) is 1.23. The molecule has 0 aromatic carbocycles. The van der Waals surface area contributed by atoms with E-state index in [1.807, 2.05) is 18.7 Å². The van der Waals surface area contributed by atoms with Crippen molar-refractivity contribution in [2.75, 3.05) is 6.54 Å². The number of hydrogen-bond acceptors (Lipinski definition) is 4. The zero-order chi connectivity index (χ0) is 13.1. The standard InChI is InChI=1S/C14H20N4O/c1-2-11-7-17-14(19-11)9-18-10-15-8-13(18)12-5-3-4-6-16-12/h7-8,10,12,16H,2-6,9H2,1H3. The smallest absolute Gasteiger partial charge is 0.214 e. The fourth-order valence-corrected chi connectivity index (χ4v) is 2.59. The summed E-state index contributed by atoms with van der Waals surface area (Å²) in [7, 11) is 0. The summed E-state index contributed by atoms with van der Waals surface area (Å²) in [5.74, 6) is 1.69. The largest absolute Gasteiger partial charge is 0.444 e. The van der Waals surface area contributed by atoms with Crippen LogP contribution in [0, 0.1) is 0 Å². The first-order valence-electron chi connectivity index (χ1n) is 7.04. The maximum Gasteiger partial charge on any atom is 0.214 e. The Balaban J connectivity index is 1.75.